The van der Waals surface area contributed by atoms with Gasteiger partial charge in [-0.15, -0.1) is 0 Å². The van der Waals surface area contributed by atoms with E-state index >= 15 is 0 Å². The molecule has 0 saturated carbocycles. The third-order valence-corrected chi connectivity index (χ3v) is 5.66. The smallest absolute Gasteiger partial charge is 0.307 e. The minimum atomic E-state index is -0.680. The summed E-state index contributed by atoms with van der Waals surface area (Å²) in [4.78, 5) is 24.7. The molecule has 0 fully saturated rings. The molecule has 1 heterocycles. The van der Waals surface area contributed by atoms with Crippen LogP contribution < -0.4 is 10.9 Å². The molecule has 0 saturated heterocycles. The third-order valence-electron chi connectivity index (χ3n) is 5.66. The number of furan rings is 1. The summed E-state index contributed by atoms with van der Waals surface area (Å²) in [5, 5.41) is 31.6. The molecule has 0 aliphatic heterocycles. The number of amides is 2. The first kappa shape index (κ1) is 23.3. The first-order valence-electron chi connectivity index (χ1n) is 11.2. The van der Waals surface area contributed by atoms with Crippen molar-refractivity contribution in [1.29, 1.82) is 0 Å². The van der Waals surface area contributed by atoms with Gasteiger partial charge in [0.2, 0.25) is 0 Å². The Balaban J connectivity index is 1.20. The summed E-state index contributed by atoms with van der Waals surface area (Å²) in [7, 11) is 0. The molecule has 0 aliphatic rings. The van der Waals surface area contributed by atoms with Gasteiger partial charge in [0.05, 0.1) is 12.4 Å². The molecule has 5 rings (SSSR count). The molecule has 1 aromatic heterocycles. The van der Waals surface area contributed by atoms with E-state index in [4.69, 9.17) is 4.42 Å². The maximum absolute atomic E-state index is 12.3. The second kappa shape index (κ2) is 10.0. The Morgan fingerprint density at radius 2 is 1.05 bits per heavy atom. The molecule has 4 N–H and O–H groups in total. The number of nitrogens with one attached hydrogen (secondary N) is 2. The number of fused-ring (bicyclic) bond motifs is 2. The van der Waals surface area contributed by atoms with E-state index in [0.29, 0.717) is 21.9 Å². The van der Waals surface area contributed by atoms with E-state index in [-0.39, 0.29) is 23.0 Å². The summed E-state index contributed by atoms with van der Waals surface area (Å²) in [6.07, 6.45) is 2.63. The molecule has 9 nitrogen and oxygen atoms in total. The first-order chi connectivity index (χ1) is 18.0. The second-order valence-corrected chi connectivity index (χ2v) is 8.01. The lowest BCUT2D eigenvalue weighted by Gasteiger charge is -2.04. The van der Waals surface area contributed by atoms with Gasteiger partial charge >= 0.3 is 11.8 Å². The van der Waals surface area contributed by atoms with E-state index in [1.165, 1.54) is 24.6 Å². The maximum atomic E-state index is 12.3. The van der Waals surface area contributed by atoms with E-state index in [1.807, 2.05) is 48.5 Å². The Labute approximate surface area is 210 Å². The van der Waals surface area contributed by atoms with Crippen molar-refractivity contribution in [2.45, 2.75) is 0 Å². The van der Waals surface area contributed by atoms with Crippen molar-refractivity contribution in [3.8, 4) is 11.5 Å². The maximum Gasteiger partial charge on any atom is 0.307 e. The Kier molecular flexibility index (Phi) is 6.33. The second-order valence-electron chi connectivity index (χ2n) is 8.01. The molecule has 4 aromatic carbocycles. The number of phenolic OH excluding ortho intramolecular Hbond substituents is 2. The summed E-state index contributed by atoms with van der Waals surface area (Å²) in [5.74, 6) is -1.54. The van der Waals surface area contributed by atoms with E-state index in [2.05, 4.69) is 21.1 Å². The van der Waals surface area contributed by atoms with Crippen LogP contribution in [0.15, 0.2) is 99.5 Å². The highest BCUT2D eigenvalue weighted by Gasteiger charge is 2.15. The average Bonchev–Trinajstić information content (AvgIpc) is 3.42. The zero-order chi connectivity index (χ0) is 25.8. The lowest BCUT2D eigenvalue weighted by Crippen LogP contribution is -2.18. The van der Waals surface area contributed by atoms with E-state index in [1.54, 1.807) is 24.3 Å². The van der Waals surface area contributed by atoms with Crippen LogP contribution in [0.4, 0.5) is 0 Å². The van der Waals surface area contributed by atoms with Crippen molar-refractivity contribution in [3.05, 3.63) is 108 Å². The largest absolute Gasteiger partial charge is 0.507 e. The highest BCUT2D eigenvalue weighted by Crippen LogP contribution is 2.28. The summed E-state index contributed by atoms with van der Waals surface area (Å²) in [5.41, 5.74) is 5.44. The molecule has 0 radical (unpaired) electrons. The van der Waals surface area contributed by atoms with Crippen molar-refractivity contribution in [1.82, 2.24) is 10.9 Å². The number of hydrazone groups is 2. The van der Waals surface area contributed by atoms with Crippen molar-refractivity contribution < 1.29 is 24.2 Å². The Morgan fingerprint density at radius 3 is 1.51 bits per heavy atom. The Bertz CT molecular complexity index is 1580. The summed E-state index contributed by atoms with van der Waals surface area (Å²) >= 11 is 0. The van der Waals surface area contributed by atoms with Crippen molar-refractivity contribution in [2.24, 2.45) is 10.2 Å². The summed E-state index contributed by atoms with van der Waals surface area (Å²) in [6, 6.07) is 24.4. The minimum Gasteiger partial charge on any atom is -0.507 e. The fraction of sp³-hybridized carbons (Fsp3) is 0. The average molecular weight is 492 g/mol. The third kappa shape index (κ3) is 4.87. The van der Waals surface area contributed by atoms with Gasteiger partial charge in [0.1, 0.15) is 11.5 Å². The van der Waals surface area contributed by atoms with Gasteiger partial charge in [-0.05, 0) is 35.0 Å². The summed E-state index contributed by atoms with van der Waals surface area (Å²) in [6.45, 7) is 0. The van der Waals surface area contributed by atoms with Gasteiger partial charge in [-0.2, -0.15) is 10.2 Å². The van der Waals surface area contributed by atoms with Crippen molar-refractivity contribution in [3.63, 3.8) is 0 Å². The fourth-order valence-electron chi connectivity index (χ4n) is 3.77. The topological polar surface area (TPSA) is 137 Å². The van der Waals surface area contributed by atoms with Crippen LogP contribution in [-0.2, 0) is 0 Å². The molecule has 0 bridgehead atoms. The number of nitrogens with zero attached hydrogens (tertiary/aromatic N) is 2. The van der Waals surface area contributed by atoms with Crippen LogP contribution in [0.2, 0.25) is 0 Å². The number of hydrogen-bond donors (Lipinski definition) is 4. The number of benzene rings is 4. The SMILES string of the molecule is O=C(N/N=C/c1ccc2ccccc2c1O)c1ccc(C(=O)N/N=C/c2ccc3ccccc3c2O)o1. The molecule has 9 heteroatoms. The van der Waals surface area contributed by atoms with Crippen molar-refractivity contribution >= 4 is 45.8 Å². The lowest BCUT2D eigenvalue weighted by atomic mass is 10.1. The number of carbonyl (C=O) groups is 2. The zero-order valence-corrected chi connectivity index (χ0v) is 19.3. The zero-order valence-electron chi connectivity index (χ0n) is 19.3. The first-order valence-corrected chi connectivity index (χ1v) is 11.2. The van der Waals surface area contributed by atoms with E-state index in [0.717, 1.165) is 10.8 Å². The monoisotopic (exact) mass is 492 g/mol. The Morgan fingerprint density at radius 1 is 0.622 bits per heavy atom. The molecule has 37 heavy (non-hydrogen) atoms. The standard InChI is InChI=1S/C28H20N4O5/c33-25-19(11-9-17-5-1-3-7-21(17)25)15-29-31-27(35)23-13-14-24(37-23)28(36)32-30-16-20-12-10-18-6-2-4-8-22(18)26(20)34/h1-16,33-34H,(H,31,35)(H,32,36)/b29-15+,30-16+. The molecule has 0 aliphatic carbocycles. The van der Waals surface area contributed by atoms with Crippen LogP contribution in [0, 0.1) is 0 Å². The van der Waals surface area contributed by atoms with Crippen LogP contribution in [0.25, 0.3) is 21.5 Å². The lowest BCUT2D eigenvalue weighted by molar-refractivity contribution is 0.0902. The number of aromatic hydroxyl groups is 2. The molecule has 2 amide bonds. The van der Waals surface area contributed by atoms with Gasteiger partial charge in [0.25, 0.3) is 0 Å². The predicted molar refractivity (Wildman–Crippen MR) is 140 cm³/mol. The number of carbonyl (C=O) groups excluding carboxylic acids is 2. The molecule has 0 atom stereocenters. The van der Waals surface area contributed by atoms with Crippen LogP contribution in [0.3, 0.4) is 0 Å². The Hall–Kier alpha value is -5.44. The number of hydrogen-bond acceptors (Lipinski definition) is 7. The van der Waals surface area contributed by atoms with Crippen LogP contribution in [0.1, 0.15) is 32.2 Å². The van der Waals surface area contributed by atoms with Gasteiger partial charge in [-0.25, -0.2) is 10.9 Å². The highest BCUT2D eigenvalue weighted by atomic mass is 16.4. The van der Waals surface area contributed by atoms with Gasteiger partial charge in [-0.1, -0.05) is 60.7 Å². The molecule has 5 aromatic rings. The molecular weight excluding hydrogens is 472 g/mol. The number of rotatable bonds is 6. The van der Waals surface area contributed by atoms with Crippen molar-refractivity contribution in [2.75, 3.05) is 0 Å². The van der Waals surface area contributed by atoms with Crippen LogP contribution in [-0.4, -0.2) is 34.5 Å². The molecular formula is C28H20N4O5. The molecule has 0 spiro atoms. The van der Waals surface area contributed by atoms with Crippen LogP contribution >= 0.6 is 0 Å². The minimum absolute atomic E-state index is 0.0469. The predicted octanol–water partition coefficient (Wildman–Crippen LogP) is 4.53. The number of phenols is 2. The van der Waals surface area contributed by atoms with Gasteiger partial charge in [0.15, 0.2) is 11.5 Å². The van der Waals surface area contributed by atoms with Gasteiger partial charge in [0, 0.05) is 21.9 Å². The molecule has 182 valence electrons. The highest BCUT2D eigenvalue weighted by molar-refractivity contribution is 6.00. The quantitative estimate of drug-likeness (QED) is 0.204. The van der Waals surface area contributed by atoms with Gasteiger partial charge in [-0.3, -0.25) is 9.59 Å². The van der Waals surface area contributed by atoms with E-state index in [9.17, 15) is 19.8 Å². The molecule has 0 unspecified atom stereocenters. The van der Waals surface area contributed by atoms with E-state index < -0.39 is 11.8 Å². The normalized spacial score (nSPS) is 11.5. The van der Waals surface area contributed by atoms with Crippen LogP contribution in [0.5, 0.6) is 11.5 Å². The summed E-state index contributed by atoms with van der Waals surface area (Å²) < 4.78 is 5.30. The fourth-order valence-corrected chi connectivity index (χ4v) is 3.77. The van der Waals surface area contributed by atoms with Gasteiger partial charge < -0.3 is 14.6 Å².